The number of unbranched alkanes of at least 4 members (excludes halogenated alkanes) is 1. The van der Waals surface area contributed by atoms with Crippen molar-refractivity contribution in [1.82, 2.24) is 0 Å². The minimum Gasteiger partial charge on any atom is -0.493 e. The molecular formula is C20H33BrO. The second-order valence-electron chi connectivity index (χ2n) is 7.79. The molecule has 1 rings (SSSR count). The summed E-state index contributed by atoms with van der Waals surface area (Å²) < 4.78 is 6.24. The van der Waals surface area contributed by atoms with Gasteiger partial charge in [-0.1, -0.05) is 76.5 Å². The Bertz CT molecular complexity index is 440. The van der Waals surface area contributed by atoms with Crippen molar-refractivity contribution in [3.8, 4) is 5.75 Å². The molecule has 0 unspecified atom stereocenters. The van der Waals surface area contributed by atoms with Crippen LogP contribution in [0.15, 0.2) is 12.1 Å². The van der Waals surface area contributed by atoms with E-state index in [0.29, 0.717) is 11.8 Å². The van der Waals surface area contributed by atoms with E-state index >= 15 is 0 Å². The normalized spacial score (nSPS) is 12.3. The fraction of sp³-hybridized carbons (Fsp3) is 0.700. The maximum atomic E-state index is 6.24. The summed E-state index contributed by atoms with van der Waals surface area (Å²) in [6.07, 6.45) is 2.26. The number of benzene rings is 1. The standard InChI is InChI=1S/C20H33BrO/c1-14(2)17-12-16(20(5,6)7)13-18(15(3)4)19(17)22-11-9-8-10-21/h12-15H,8-11H2,1-7H3. The minimum atomic E-state index is 0.168. The van der Waals surface area contributed by atoms with Crippen LogP contribution in [0.25, 0.3) is 0 Å². The summed E-state index contributed by atoms with van der Waals surface area (Å²) in [5.41, 5.74) is 4.29. The first kappa shape index (κ1) is 19.5. The highest BCUT2D eigenvalue weighted by Gasteiger charge is 2.22. The van der Waals surface area contributed by atoms with Gasteiger partial charge in [0.15, 0.2) is 0 Å². The van der Waals surface area contributed by atoms with Gasteiger partial charge in [0.25, 0.3) is 0 Å². The van der Waals surface area contributed by atoms with Gasteiger partial charge in [-0.15, -0.1) is 0 Å². The van der Waals surface area contributed by atoms with Crippen LogP contribution in [0.2, 0.25) is 0 Å². The van der Waals surface area contributed by atoms with E-state index in [1.54, 1.807) is 0 Å². The third-order valence-corrected chi connectivity index (χ3v) is 4.59. The van der Waals surface area contributed by atoms with E-state index in [1.807, 2.05) is 0 Å². The summed E-state index contributed by atoms with van der Waals surface area (Å²) in [5.74, 6) is 2.09. The lowest BCUT2D eigenvalue weighted by atomic mass is 9.81. The summed E-state index contributed by atoms with van der Waals surface area (Å²) in [7, 11) is 0. The molecule has 0 N–H and O–H groups in total. The van der Waals surface area contributed by atoms with Gasteiger partial charge in [-0.25, -0.2) is 0 Å². The van der Waals surface area contributed by atoms with Crippen molar-refractivity contribution in [2.24, 2.45) is 0 Å². The van der Waals surface area contributed by atoms with E-state index in [-0.39, 0.29) is 5.41 Å². The van der Waals surface area contributed by atoms with Gasteiger partial charge in [0.1, 0.15) is 5.75 Å². The monoisotopic (exact) mass is 368 g/mol. The highest BCUT2D eigenvalue weighted by atomic mass is 79.9. The number of alkyl halides is 1. The Morgan fingerprint density at radius 3 is 1.82 bits per heavy atom. The summed E-state index contributed by atoms with van der Waals surface area (Å²) in [6.45, 7) is 16.7. The Balaban J connectivity index is 3.26. The SMILES string of the molecule is CC(C)c1cc(C(C)(C)C)cc(C(C)C)c1OCCCCBr. The third kappa shape index (κ3) is 5.30. The molecule has 2 heteroatoms. The lowest BCUT2D eigenvalue weighted by molar-refractivity contribution is 0.301. The van der Waals surface area contributed by atoms with E-state index in [2.05, 4.69) is 76.5 Å². The fourth-order valence-electron chi connectivity index (χ4n) is 2.50. The van der Waals surface area contributed by atoms with Gasteiger partial charge in [-0.3, -0.25) is 0 Å². The zero-order valence-electron chi connectivity index (χ0n) is 15.4. The second-order valence-corrected chi connectivity index (χ2v) is 8.58. The van der Waals surface area contributed by atoms with Crippen molar-refractivity contribution >= 4 is 15.9 Å². The van der Waals surface area contributed by atoms with Crippen molar-refractivity contribution in [3.63, 3.8) is 0 Å². The summed E-state index contributed by atoms with van der Waals surface area (Å²) >= 11 is 3.49. The molecular weight excluding hydrogens is 336 g/mol. The first-order valence-electron chi connectivity index (χ1n) is 8.55. The van der Waals surface area contributed by atoms with Crippen LogP contribution < -0.4 is 4.74 Å². The van der Waals surface area contributed by atoms with Crippen molar-refractivity contribution in [3.05, 3.63) is 28.8 Å². The highest BCUT2D eigenvalue weighted by Crippen LogP contribution is 2.39. The largest absolute Gasteiger partial charge is 0.493 e. The number of rotatable bonds is 7. The van der Waals surface area contributed by atoms with Gasteiger partial charge in [0.2, 0.25) is 0 Å². The molecule has 0 amide bonds. The molecule has 126 valence electrons. The molecule has 0 saturated heterocycles. The Morgan fingerprint density at radius 2 is 1.45 bits per heavy atom. The molecule has 0 heterocycles. The zero-order chi connectivity index (χ0) is 16.9. The molecule has 0 spiro atoms. The zero-order valence-corrected chi connectivity index (χ0v) is 17.0. The van der Waals surface area contributed by atoms with Gasteiger partial charge in [0.05, 0.1) is 6.61 Å². The first-order chi connectivity index (χ1) is 10.2. The molecule has 0 aliphatic heterocycles. The van der Waals surface area contributed by atoms with Gasteiger partial charge in [-0.05, 0) is 46.8 Å². The number of halogens is 1. The molecule has 1 aromatic rings. The number of ether oxygens (including phenoxy) is 1. The lowest BCUT2D eigenvalue weighted by Crippen LogP contribution is -2.14. The Kier molecular flexibility index (Phi) is 7.45. The maximum absolute atomic E-state index is 6.24. The predicted molar refractivity (Wildman–Crippen MR) is 102 cm³/mol. The van der Waals surface area contributed by atoms with Crippen LogP contribution in [0.5, 0.6) is 5.75 Å². The first-order valence-corrected chi connectivity index (χ1v) is 9.67. The smallest absolute Gasteiger partial charge is 0.126 e. The summed E-state index contributed by atoms with van der Waals surface area (Å²) in [5, 5.41) is 1.05. The van der Waals surface area contributed by atoms with Crippen molar-refractivity contribution in [2.75, 3.05) is 11.9 Å². The van der Waals surface area contributed by atoms with E-state index in [9.17, 15) is 0 Å². The summed E-state index contributed by atoms with van der Waals surface area (Å²) in [6, 6.07) is 4.72. The van der Waals surface area contributed by atoms with Gasteiger partial charge in [-0.2, -0.15) is 0 Å². The van der Waals surface area contributed by atoms with Crippen LogP contribution in [0, 0.1) is 0 Å². The number of hydrogen-bond donors (Lipinski definition) is 0. The fourth-order valence-corrected chi connectivity index (χ4v) is 2.90. The molecule has 0 fully saturated rings. The Hall–Kier alpha value is -0.500. The number of hydrogen-bond acceptors (Lipinski definition) is 1. The topological polar surface area (TPSA) is 9.23 Å². The molecule has 22 heavy (non-hydrogen) atoms. The predicted octanol–water partition coefficient (Wildman–Crippen LogP) is 6.78. The molecule has 0 aromatic heterocycles. The van der Waals surface area contributed by atoms with Crippen LogP contribution in [0.1, 0.15) is 89.8 Å². The molecule has 1 aromatic carbocycles. The van der Waals surface area contributed by atoms with Crippen LogP contribution in [0.3, 0.4) is 0 Å². The minimum absolute atomic E-state index is 0.168. The van der Waals surface area contributed by atoms with E-state index in [4.69, 9.17) is 4.74 Å². The lowest BCUT2D eigenvalue weighted by Gasteiger charge is -2.26. The molecule has 0 saturated carbocycles. The molecule has 1 nitrogen and oxygen atoms in total. The van der Waals surface area contributed by atoms with Crippen LogP contribution in [-0.4, -0.2) is 11.9 Å². The molecule has 0 aliphatic rings. The van der Waals surface area contributed by atoms with Crippen molar-refractivity contribution in [2.45, 2.75) is 78.6 Å². The van der Waals surface area contributed by atoms with Gasteiger partial charge < -0.3 is 4.74 Å². The van der Waals surface area contributed by atoms with Crippen molar-refractivity contribution in [1.29, 1.82) is 0 Å². The second kappa shape index (κ2) is 8.38. The van der Waals surface area contributed by atoms with E-state index < -0.39 is 0 Å². The van der Waals surface area contributed by atoms with Crippen LogP contribution in [-0.2, 0) is 5.41 Å². The van der Waals surface area contributed by atoms with E-state index in [1.165, 1.54) is 16.7 Å². The quantitative estimate of drug-likeness (QED) is 0.380. The third-order valence-electron chi connectivity index (χ3n) is 4.03. The Labute approximate surface area is 146 Å². The average Bonchev–Trinajstić information content (AvgIpc) is 2.41. The van der Waals surface area contributed by atoms with E-state index in [0.717, 1.165) is 30.5 Å². The highest BCUT2D eigenvalue weighted by molar-refractivity contribution is 9.09. The maximum Gasteiger partial charge on any atom is 0.126 e. The van der Waals surface area contributed by atoms with Crippen molar-refractivity contribution < 1.29 is 4.74 Å². The molecule has 0 atom stereocenters. The molecule has 0 aliphatic carbocycles. The van der Waals surface area contributed by atoms with Gasteiger partial charge in [0, 0.05) is 5.33 Å². The average molecular weight is 369 g/mol. The molecule has 0 bridgehead atoms. The summed E-state index contributed by atoms with van der Waals surface area (Å²) in [4.78, 5) is 0. The van der Waals surface area contributed by atoms with Crippen LogP contribution >= 0.6 is 15.9 Å². The molecule has 0 radical (unpaired) electrons. The van der Waals surface area contributed by atoms with Crippen LogP contribution in [0.4, 0.5) is 0 Å². The Morgan fingerprint density at radius 1 is 0.955 bits per heavy atom. The van der Waals surface area contributed by atoms with Gasteiger partial charge >= 0.3 is 0 Å².